The molecule has 2 N–H and O–H groups in total. The van der Waals surface area contributed by atoms with Crippen molar-refractivity contribution in [2.24, 2.45) is 5.92 Å². The zero-order valence-corrected chi connectivity index (χ0v) is 24.2. The maximum Gasteiger partial charge on any atom is 0.258 e. The average Bonchev–Trinajstić information content (AvgIpc) is 3.38. The standard InChI is InChI=1S/C30H42N4O6/c1-20-15-34(21(2)18-35)30(37)24-14-23(31-29(36)7-6-12-32(3)4)9-11-25(24)40-28(20)17-33(5)16-22-8-10-26-27(13-22)39-19-38-26/h8-11,13-14,20-21,28,35H,6-7,12,15-19H2,1-5H3,(H,31,36)/t20-,21-,28-/m0/s1. The van der Waals surface area contributed by atoms with Crippen LogP contribution in [0, 0.1) is 5.92 Å². The zero-order chi connectivity index (χ0) is 28.8. The van der Waals surface area contributed by atoms with Gasteiger partial charge in [-0.15, -0.1) is 0 Å². The number of nitrogens with zero attached hydrogens (tertiary/aromatic N) is 3. The molecule has 0 aromatic heterocycles. The van der Waals surface area contributed by atoms with Gasteiger partial charge in [-0.1, -0.05) is 13.0 Å². The van der Waals surface area contributed by atoms with Crippen molar-refractivity contribution in [1.29, 1.82) is 0 Å². The first kappa shape index (κ1) is 29.6. The van der Waals surface area contributed by atoms with E-state index in [1.807, 2.05) is 51.2 Å². The van der Waals surface area contributed by atoms with E-state index in [9.17, 15) is 14.7 Å². The van der Waals surface area contributed by atoms with E-state index in [2.05, 4.69) is 17.1 Å². The fourth-order valence-electron chi connectivity index (χ4n) is 5.02. The maximum absolute atomic E-state index is 13.7. The van der Waals surface area contributed by atoms with Crippen LogP contribution in [0.5, 0.6) is 17.2 Å². The highest BCUT2D eigenvalue weighted by atomic mass is 16.7. The number of hydrogen-bond donors (Lipinski definition) is 2. The number of rotatable bonds is 11. The van der Waals surface area contributed by atoms with Gasteiger partial charge in [-0.2, -0.15) is 0 Å². The van der Waals surface area contributed by atoms with E-state index in [-0.39, 0.29) is 43.3 Å². The molecule has 4 rings (SSSR count). The Bertz CT molecular complexity index is 1190. The number of likely N-dealkylation sites (N-methyl/N-ethyl adjacent to an activating group) is 1. The molecule has 2 aliphatic rings. The van der Waals surface area contributed by atoms with Gasteiger partial charge in [-0.25, -0.2) is 0 Å². The van der Waals surface area contributed by atoms with Crippen molar-refractivity contribution in [3.63, 3.8) is 0 Å². The Kier molecular flexibility index (Phi) is 9.89. The van der Waals surface area contributed by atoms with Crippen LogP contribution in [-0.2, 0) is 11.3 Å². The number of aliphatic hydroxyl groups is 1. The normalized spacial score (nSPS) is 19.2. The smallest absolute Gasteiger partial charge is 0.258 e. The molecule has 3 atom stereocenters. The van der Waals surface area contributed by atoms with Crippen LogP contribution in [0.15, 0.2) is 36.4 Å². The Hall–Kier alpha value is -3.34. The summed E-state index contributed by atoms with van der Waals surface area (Å²) in [6.07, 6.45) is 0.918. The van der Waals surface area contributed by atoms with Crippen molar-refractivity contribution in [2.45, 2.75) is 45.4 Å². The third kappa shape index (κ3) is 7.44. The SMILES string of the molecule is C[C@H]1CN([C@@H](C)CO)C(=O)c2cc(NC(=O)CCCN(C)C)ccc2O[C@H]1CN(C)Cc1ccc2c(c1)OCO2. The minimum absolute atomic E-state index is 0.00128. The minimum atomic E-state index is -0.364. The molecule has 2 aromatic carbocycles. The number of nitrogens with one attached hydrogen (secondary N) is 1. The summed E-state index contributed by atoms with van der Waals surface area (Å²) in [7, 11) is 5.98. The lowest BCUT2D eigenvalue weighted by molar-refractivity contribution is -0.116. The van der Waals surface area contributed by atoms with E-state index < -0.39 is 0 Å². The molecule has 0 radical (unpaired) electrons. The number of amides is 2. The van der Waals surface area contributed by atoms with Crippen molar-refractivity contribution >= 4 is 17.5 Å². The van der Waals surface area contributed by atoms with E-state index in [4.69, 9.17) is 14.2 Å². The highest BCUT2D eigenvalue weighted by Gasteiger charge is 2.33. The Balaban J connectivity index is 1.51. The van der Waals surface area contributed by atoms with Gasteiger partial charge in [0.15, 0.2) is 11.5 Å². The summed E-state index contributed by atoms with van der Waals surface area (Å²) in [4.78, 5) is 32.1. The summed E-state index contributed by atoms with van der Waals surface area (Å²) < 4.78 is 17.4. The predicted octanol–water partition coefficient (Wildman–Crippen LogP) is 3.05. The maximum atomic E-state index is 13.7. The van der Waals surface area contributed by atoms with Crippen LogP contribution < -0.4 is 19.5 Å². The second-order valence-corrected chi connectivity index (χ2v) is 11.2. The van der Waals surface area contributed by atoms with Crippen LogP contribution in [0.1, 0.15) is 42.6 Å². The second kappa shape index (κ2) is 13.3. The van der Waals surface area contributed by atoms with Crippen molar-refractivity contribution in [3.8, 4) is 17.2 Å². The number of hydrogen-bond acceptors (Lipinski definition) is 8. The lowest BCUT2D eigenvalue weighted by Crippen LogP contribution is -2.49. The predicted molar refractivity (Wildman–Crippen MR) is 153 cm³/mol. The van der Waals surface area contributed by atoms with Gasteiger partial charge in [0, 0.05) is 37.7 Å². The Morgan fingerprint density at radius 2 is 1.88 bits per heavy atom. The molecular formula is C30H42N4O6. The van der Waals surface area contributed by atoms with E-state index in [1.165, 1.54) is 0 Å². The van der Waals surface area contributed by atoms with E-state index in [0.717, 1.165) is 30.0 Å². The van der Waals surface area contributed by atoms with Gasteiger partial charge in [0.25, 0.3) is 5.91 Å². The first-order chi connectivity index (χ1) is 19.1. The van der Waals surface area contributed by atoms with Gasteiger partial charge in [0.1, 0.15) is 11.9 Å². The third-order valence-electron chi connectivity index (χ3n) is 7.34. The fourth-order valence-corrected chi connectivity index (χ4v) is 5.02. The number of ether oxygens (including phenoxy) is 3. The summed E-state index contributed by atoms with van der Waals surface area (Å²) >= 11 is 0. The fraction of sp³-hybridized carbons (Fsp3) is 0.533. The number of fused-ring (bicyclic) bond motifs is 2. The second-order valence-electron chi connectivity index (χ2n) is 11.2. The number of benzene rings is 2. The van der Waals surface area contributed by atoms with Crippen LogP contribution in [0.25, 0.3) is 0 Å². The Morgan fingerprint density at radius 1 is 1.12 bits per heavy atom. The molecular weight excluding hydrogens is 512 g/mol. The Morgan fingerprint density at radius 3 is 2.62 bits per heavy atom. The van der Waals surface area contributed by atoms with Crippen molar-refractivity contribution in [2.75, 3.05) is 59.5 Å². The largest absolute Gasteiger partial charge is 0.488 e. The lowest BCUT2D eigenvalue weighted by atomic mass is 9.99. The van der Waals surface area contributed by atoms with Crippen LogP contribution in [0.3, 0.4) is 0 Å². The van der Waals surface area contributed by atoms with Crippen LogP contribution >= 0.6 is 0 Å². The summed E-state index contributed by atoms with van der Waals surface area (Å²) in [5.41, 5.74) is 2.02. The van der Waals surface area contributed by atoms with Crippen LogP contribution in [-0.4, -0.2) is 97.9 Å². The molecule has 0 aliphatic carbocycles. The number of aliphatic hydroxyl groups excluding tert-OH is 1. The molecule has 10 heteroatoms. The summed E-state index contributed by atoms with van der Waals surface area (Å²) in [5.74, 6) is 1.66. The minimum Gasteiger partial charge on any atom is -0.488 e. The topological polar surface area (TPSA) is 104 Å². The molecule has 0 unspecified atom stereocenters. The molecule has 2 aliphatic heterocycles. The highest BCUT2D eigenvalue weighted by molar-refractivity contribution is 5.99. The van der Waals surface area contributed by atoms with E-state index >= 15 is 0 Å². The van der Waals surface area contributed by atoms with Gasteiger partial charge in [-0.05, 0) is 76.9 Å². The van der Waals surface area contributed by atoms with Crippen molar-refractivity contribution < 1.29 is 28.9 Å². The summed E-state index contributed by atoms with van der Waals surface area (Å²) in [6, 6.07) is 10.8. The molecule has 2 amide bonds. The van der Waals surface area contributed by atoms with Gasteiger partial charge in [-0.3, -0.25) is 14.5 Å². The molecule has 0 bridgehead atoms. The van der Waals surface area contributed by atoms with Gasteiger partial charge >= 0.3 is 0 Å². The number of anilines is 1. The van der Waals surface area contributed by atoms with E-state index in [0.29, 0.717) is 43.1 Å². The zero-order valence-electron chi connectivity index (χ0n) is 24.2. The monoisotopic (exact) mass is 554 g/mol. The van der Waals surface area contributed by atoms with Crippen molar-refractivity contribution in [1.82, 2.24) is 14.7 Å². The molecule has 2 aromatic rings. The average molecular weight is 555 g/mol. The molecule has 0 spiro atoms. The first-order valence-corrected chi connectivity index (χ1v) is 13.9. The lowest BCUT2D eigenvalue weighted by Gasteiger charge is -2.38. The summed E-state index contributed by atoms with van der Waals surface area (Å²) in [6.45, 7) is 6.56. The molecule has 2 heterocycles. The van der Waals surface area contributed by atoms with Crippen molar-refractivity contribution in [3.05, 3.63) is 47.5 Å². The summed E-state index contributed by atoms with van der Waals surface area (Å²) in [5, 5.41) is 12.8. The molecule has 218 valence electrons. The van der Waals surface area contributed by atoms with Gasteiger partial charge < -0.3 is 34.4 Å². The van der Waals surface area contributed by atoms with E-state index in [1.54, 1.807) is 23.1 Å². The number of carbonyl (C=O) groups is 2. The van der Waals surface area contributed by atoms with Gasteiger partial charge in [0.05, 0.1) is 18.2 Å². The third-order valence-corrected chi connectivity index (χ3v) is 7.34. The van der Waals surface area contributed by atoms with Crippen LogP contribution in [0.2, 0.25) is 0 Å². The first-order valence-electron chi connectivity index (χ1n) is 13.9. The quantitative estimate of drug-likeness (QED) is 0.437. The molecule has 10 nitrogen and oxygen atoms in total. The molecule has 0 saturated heterocycles. The highest BCUT2D eigenvalue weighted by Crippen LogP contribution is 2.33. The number of carbonyl (C=O) groups excluding carboxylic acids is 2. The molecule has 0 fully saturated rings. The molecule has 0 saturated carbocycles. The molecule has 40 heavy (non-hydrogen) atoms. The van der Waals surface area contributed by atoms with Gasteiger partial charge in [0.2, 0.25) is 12.7 Å². The Labute approximate surface area is 236 Å². The van der Waals surface area contributed by atoms with Crippen LogP contribution in [0.4, 0.5) is 5.69 Å².